The summed E-state index contributed by atoms with van der Waals surface area (Å²) in [7, 11) is 1.39. The number of ether oxygens (including phenoxy) is 1. The molecule has 1 amide bonds. The van der Waals surface area contributed by atoms with Crippen LogP contribution in [0, 0.1) is 11.8 Å². The Kier molecular flexibility index (Phi) is 5.28. The molecule has 0 aromatic rings. The van der Waals surface area contributed by atoms with Crippen LogP contribution in [0.2, 0.25) is 0 Å². The molecule has 1 heterocycles. The van der Waals surface area contributed by atoms with Gasteiger partial charge in [0.1, 0.15) is 0 Å². The highest BCUT2D eigenvalue weighted by Crippen LogP contribution is 2.34. The summed E-state index contributed by atoms with van der Waals surface area (Å²) in [5.41, 5.74) is 0. The fourth-order valence-electron chi connectivity index (χ4n) is 1.74. The van der Waals surface area contributed by atoms with Gasteiger partial charge < -0.3 is 10.1 Å². The van der Waals surface area contributed by atoms with E-state index >= 15 is 0 Å². The van der Waals surface area contributed by atoms with E-state index in [-0.39, 0.29) is 23.7 Å². The Morgan fingerprint density at radius 2 is 2.47 bits per heavy atom. The van der Waals surface area contributed by atoms with Crippen LogP contribution in [-0.4, -0.2) is 24.7 Å². The monoisotopic (exact) mass is 255 g/mol. The van der Waals surface area contributed by atoms with Crippen LogP contribution in [0.15, 0.2) is 23.8 Å². The molecule has 0 aliphatic carbocycles. The zero-order valence-electron chi connectivity index (χ0n) is 10.1. The van der Waals surface area contributed by atoms with Gasteiger partial charge in [-0.2, -0.15) is 0 Å². The minimum Gasteiger partial charge on any atom is -0.469 e. The van der Waals surface area contributed by atoms with Gasteiger partial charge in [0.05, 0.1) is 18.1 Å². The predicted molar refractivity (Wildman–Crippen MR) is 68.2 cm³/mol. The van der Waals surface area contributed by atoms with Crippen molar-refractivity contribution in [3.8, 4) is 0 Å². The van der Waals surface area contributed by atoms with E-state index in [2.05, 4.69) is 11.9 Å². The maximum Gasteiger partial charge on any atom is 0.309 e. The third kappa shape index (κ3) is 3.93. The van der Waals surface area contributed by atoms with E-state index in [1.807, 2.05) is 6.08 Å². The maximum atomic E-state index is 11.6. The van der Waals surface area contributed by atoms with Crippen LogP contribution in [0.5, 0.6) is 0 Å². The molecule has 0 aromatic heterocycles. The van der Waals surface area contributed by atoms with E-state index in [0.29, 0.717) is 6.42 Å². The smallest absolute Gasteiger partial charge is 0.309 e. The van der Waals surface area contributed by atoms with Crippen LogP contribution < -0.4 is 5.32 Å². The predicted octanol–water partition coefficient (Wildman–Crippen LogP) is 1.69. The van der Waals surface area contributed by atoms with Crippen molar-refractivity contribution in [2.24, 2.45) is 11.8 Å². The third-order valence-electron chi connectivity index (χ3n) is 2.54. The lowest BCUT2D eigenvalue weighted by atomic mass is 9.91. The Hall–Kier alpha value is -1.23. The van der Waals surface area contributed by atoms with Crippen LogP contribution in [-0.2, 0) is 14.3 Å². The lowest BCUT2D eigenvalue weighted by Crippen LogP contribution is -2.24. The van der Waals surface area contributed by atoms with E-state index in [4.69, 9.17) is 4.74 Å². The number of esters is 1. The summed E-state index contributed by atoms with van der Waals surface area (Å²) in [6, 6.07) is 0. The molecule has 1 N–H and O–H groups in total. The van der Waals surface area contributed by atoms with Crippen molar-refractivity contribution in [3.05, 3.63) is 23.8 Å². The fraction of sp³-hybridized carbons (Fsp3) is 0.500. The Morgan fingerprint density at radius 3 is 3.00 bits per heavy atom. The van der Waals surface area contributed by atoms with Crippen LogP contribution in [0.3, 0.4) is 0 Å². The van der Waals surface area contributed by atoms with Crippen LogP contribution in [0.1, 0.15) is 13.3 Å². The van der Waals surface area contributed by atoms with Crippen molar-refractivity contribution < 1.29 is 14.3 Å². The summed E-state index contributed by atoms with van der Waals surface area (Å²) in [4.78, 5) is 22.5. The molecule has 0 fully saturated rings. The van der Waals surface area contributed by atoms with Gasteiger partial charge >= 0.3 is 5.97 Å². The van der Waals surface area contributed by atoms with E-state index in [0.717, 1.165) is 10.8 Å². The fourth-order valence-corrected chi connectivity index (χ4v) is 2.92. The first-order chi connectivity index (χ1) is 8.08. The molecule has 0 spiro atoms. The number of rotatable bonds is 5. The molecule has 0 saturated heterocycles. The van der Waals surface area contributed by atoms with Crippen molar-refractivity contribution in [2.45, 2.75) is 13.3 Å². The minimum absolute atomic E-state index is 0.0901. The molecule has 1 rings (SSSR count). The van der Waals surface area contributed by atoms with Crippen molar-refractivity contribution in [2.75, 3.05) is 12.9 Å². The number of hydrogen-bond donors (Lipinski definition) is 1. The Morgan fingerprint density at radius 1 is 1.76 bits per heavy atom. The molecule has 94 valence electrons. The summed E-state index contributed by atoms with van der Waals surface area (Å²) in [6.07, 6.45) is 4.23. The number of hydrogen-bond acceptors (Lipinski definition) is 4. The largest absolute Gasteiger partial charge is 0.469 e. The number of allylic oxidation sites excluding steroid dienone is 2. The van der Waals surface area contributed by atoms with E-state index in [1.54, 1.807) is 17.8 Å². The molecule has 2 unspecified atom stereocenters. The molecule has 0 radical (unpaired) electrons. The molecule has 0 aromatic carbocycles. The second-order valence-electron chi connectivity index (χ2n) is 3.84. The average molecular weight is 255 g/mol. The lowest BCUT2D eigenvalue weighted by molar-refractivity contribution is -0.146. The van der Waals surface area contributed by atoms with Crippen molar-refractivity contribution in [3.63, 3.8) is 0 Å². The van der Waals surface area contributed by atoms with Gasteiger partial charge in [0.15, 0.2) is 0 Å². The number of carbonyl (C=O) groups is 2. The molecular formula is C12H17NO3S. The van der Waals surface area contributed by atoms with Crippen molar-refractivity contribution in [1.82, 2.24) is 5.32 Å². The molecule has 1 aliphatic rings. The first-order valence-electron chi connectivity index (χ1n) is 5.39. The lowest BCUT2D eigenvalue weighted by Gasteiger charge is -2.17. The molecule has 2 atom stereocenters. The normalized spacial score (nSPS) is 20.4. The minimum atomic E-state index is -0.226. The van der Waals surface area contributed by atoms with Gasteiger partial charge in [0, 0.05) is 18.6 Å². The number of thioether (sulfide) groups is 1. The molecule has 0 saturated carbocycles. The van der Waals surface area contributed by atoms with Crippen molar-refractivity contribution >= 4 is 23.6 Å². The van der Waals surface area contributed by atoms with Crippen LogP contribution in [0.25, 0.3) is 0 Å². The first kappa shape index (κ1) is 13.8. The van der Waals surface area contributed by atoms with Gasteiger partial charge in [-0.1, -0.05) is 6.08 Å². The zero-order chi connectivity index (χ0) is 12.8. The number of carbonyl (C=O) groups excluding carboxylic acids is 2. The van der Waals surface area contributed by atoms with Crippen molar-refractivity contribution in [1.29, 1.82) is 0 Å². The molecule has 5 heteroatoms. The van der Waals surface area contributed by atoms with E-state index in [1.165, 1.54) is 14.0 Å². The first-order valence-corrected chi connectivity index (χ1v) is 6.38. The van der Waals surface area contributed by atoms with E-state index < -0.39 is 0 Å². The van der Waals surface area contributed by atoms with Crippen LogP contribution in [0.4, 0.5) is 0 Å². The number of amides is 1. The quantitative estimate of drug-likeness (QED) is 0.600. The maximum absolute atomic E-state index is 11.6. The SMILES string of the molecule is C=CCC(C(=O)OC)C1C=C(NC(C)=O)SC1. The van der Waals surface area contributed by atoms with Gasteiger partial charge in [-0.25, -0.2) is 0 Å². The number of nitrogens with one attached hydrogen (secondary N) is 1. The van der Waals surface area contributed by atoms with E-state index in [9.17, 15) is 9.59 Å². The Bertz CT molecular complexity index is 352. The molecule has 1 aliphatic heterocycles. The Balaban J connectivity index is 2.70. The summed E-state index contributed by atoms with van der Waals surface area (Å²) in [6.45, 7) is 5.12. The summed E-state index contributed by atoms with van der Waals surface area (Å²) in [5.74, 6) is 0.338. The van der Waals surface area contributed by atoms with Gasteiger partial charge in [0.2, 0.25) is 5.91 Å². The highest BCUT2D eigenvalue weighted by Gasteiger charge is 2.30. The highest BCUT2D eigenvalue weighted by molar-refractivity contribution is 8.03. The molecular weight excluding hydrogens is 238 g/mol. The topological polar surface area (TPSA) is 55.4 Å². The average Bonchev–Trinajstić information content (AvgIpc) is 2.72. The van der Waals surface area contributed by atoms with Gasteiger partial charge in [-0.3, -0.25) is 9.59 Å². The summed E-state index contributed by atoms with van der Waals surface area (Å²) < 4.78 is 4.78. The summed E-state index contributed by atoms with van der Waals surface area (Å²) in [5, 5.41) is 3.55. The van der Waals surface area contributed by atoms with Crippen LogP contribution >= 0.6 is 11.8 Å². The molecule has 4 nitrogen and oxygen atoms in total. The standard InChI is InChI=1S/C12H17NO3S/c1-4-5-10(12(15)16-3)9-6-11(17-7-9)13-8(2)14/h4,6,9-10H,1,5,7H2,2-3H3,(H,13,14). The van der Waals surface area contributed by atoms with Gasteiger partial charge in [0.25, 0.3) is 0 Å². The zero-order valence-corrected chi connectivity index (χ0v) is 10.9. The third-order valence-corrected chi connectivity index (χ3v) is 3.64. The number of methoxy groups -OCH3 is 1. The van der Waals surface area contributed by atoms with Gasteiger partial charge in [-0.15, -0.1) is 18.3 Å². The highest BCUT2D eigenvalue weighted by atomic mass is 32.2. The Labute approximate surface area is 105 Å². The van der Waals surface area contributed by atoms with Gasteiger partial charge in [-0.05, 0) is 12.5 Å². The molecule has 0 bridgehead atoms. The second-order valence-corrected chi connectivity index (χ2v) is 4.90. The second kappa shape index (κ2) is 6.49. The summed E-state index contributed by atoms with van der Waals surface area (Å²) >= 11 is 1.55. The molecule has 17 heavy (non-hydrogen) atoms.